The van der Waals surface area contributed by atoms with E-state index in [1.165, 1.54) is 12.8 Å². The predicted molar refractivity (Wildman–Crippen MR) is 117 cm³/mol. The molecule has 2 aliphatic rings. The molecule has 1 atom stereocenters. The highest BCUT2D eigenvalue weighted by atomic mass is 16.5. The van der Waals surface area contributed by atoms with Gasteiger partial charge in [-0.2, -0.15) is 0 Å². The van der Waals surface area contributed by atoms with E-state index in [4.69, 9.17) is 14.1 Å². The van der Waals surface area contributed by atoms with Crippen LogP contribution < -0.4 is 4.90 Å². The zero-order chi connectivity index (χ0) is 20.8. The molecule has 6 rings (SSSR count). The maximum Gasteiger partial charge on any atom is 0.318 e. The minimum absolute atomic E-state index is 0.262. The van der Waals surface area contributed by atoms with Crippen molar-refractivity contribution in [3.8, 4) is 22.7 Å². The molecule has 1 saturated carbocycles. The number of rotatable bonds is 5. The van der Waals surface area contributed by atoms with E-state index >= 15 is 0 Å². The van der Waals surface area contributed by atoms with Crippen molar-refractivity contribution in [3.05, 3.63) is 42.5 Å². The fourth-order valence-corrected chi connectivity index (χ4v) is 4.25. The summed E-state index contributed by atoms with van der Waals surface area (Å²) in [5.74, 6) is 1.08. The van der Waals surface area contributed by atoms with E-state index in [-0.39, 0.29) is 6.04 Å². The molecule has 1 saturated heterocycles. The number of H-pyrrole nitrogens is 1. The van der Waals surface area contributed by atoms with Gasteiger partial charge in [0.1, 0.15) is 0 Å². The van der Waals surface area contributed by atoms with Gasteiger partial charge in [0.15, 0.2) is 0 Å². The monoisotopic (exact) mass is 416 g/mol. The van der Waals surface area contributed by atoms with E-state index < -0.39 is 0 Å². The minimum atomic E-state index is 0.262. The Morgan fingerprint density at radius 1 is 1.19 bits per heavy atom. The zero-order valence-electron chi connectivity index (χ0n) is 17.4. The fourth-order valence-electron chi connectivity index (χ4n) is 4.25. The summed E-state index contributed by atoms with van der Waals surface area (Å²) < 4.78 is 11.7. The van der Waals surface area contributed by atoms with E-state index in [1.807, 2.05) is 30.7 Å². The largest absolute Gasteiger partial charge is 0.403 e. The normalized spacial score (nSPS) is 19.3. The van der Waals surface area contributed by atoms with Gasteiger partial charge in [-0.05, 0) is 37.5 Å². The number of anilines is 1. The van der Waals surface area contributed by atoms with Gasteiger partial charge in [-0.3, -0.25) is 4.98 Å². The van der Waals surface area contributed by atoms with Gasteiger partial charge in [-0.15, -0.1) is 5.10 Å². The number of nitrogens with zero attached hydrogens (tertiary/aromatic N) is 5. The van der Waals surface area contributed by atoms with Crippen LogP contribution in [-0.4, -0.2) is 50.9 Å². The number of benzene rings is 1. The summed E-state index contributed by atoms with van der Waals surface area (Å²) in [5, 5.41) is 9.72. The molecule has 4 heterocycles. The van der Waals surface area contributed by atoms with Gasteiger partial charge in [-0.25, -0.2) is 4.98 Å². The van der Waals surface area contributed by atoms with Crippen LogP contribution in [0.5, 0.6) is 0 Å². The van der Waals surface area contributed by atoms with Crippen molar-refractivity contribution in [1.82, 2.24) is 25.1 Å². The fraction of sp³-hybridized carbons (Fsp3) is 0.391. The second-order valence-corrected chi connectivity index (χ2v) is 8.29. The summed E-state index contributed by atoms with van der Waals surface area (Å²) in [6.07, 6.45) is 9.09. The summed E-state index contributed by atoms with van der Waals surface area (Å²) in [6.45, 7) is 4.27. The SMILES string of the molecule is CC[C@@H]1COCCN1c1nnc(-c2ccc3[nH]cc(-c4cncc(C5CC5)n4)c3c2)o1. The first-order chi connectivity index (χ1) is 15.3. The molecule has 1 N–H and O–H groups in total. The molecule has 0 unspecified atom stereocenters. The molecule has 1 aliphatic heterocycles. The zero-order valence-corrected chi connectivity index (χ0v) is 17.4. The van der Waals surface area contributed by atoms with Gasteiger partial charge in [0.2, 0.25) is 5.89 Å². The van der Waals surface area contributed by atoms with Crippen molar-refractivity contribution in [2.75, 3.05) is 24.7 Å². The van der Waals surface area contributed by atoms with Crippen LogP contribution in [-0.2, 0) is 4.74 Å². The third-order valence-electron chi connectivity index (χ3n) is 6.21. The Balaban J connectivity index is 1.35. The van der Waals surface area contributed by atoms with E-state index in [9.17, 15) is 0 Å². The Morgan fingerprint density at radius 2 is 2.13 bits per heavy atom. The lowest BCUT2D eigenvalue weighted by atomic mass is 10.1. The van der Waals surface area contributed by atoms with Crippen LogP contribution >= 0.6 is 0 Å². The molecular formula is C23H24N6O2. The number of aromatic nitrogens is 5. The summed E-state index contributed by atoms with van der Waals surface area (Å²) >= 11 is 0. The Hall–Kier alpha value is -3.26. The van der Waals surface area contributed by atoms with Crippen molar-refractivity contribution in [2.24, 2.45) is 0 Å². The van der Waals surface area contributed by atoms with Crippen LogP contribution in [0.15, 0.2) is 41.2 Å². The molecule has 0 radical (unpaired) electrons. The van der Waals surface area contributed by atoms with E-state index in [1.54, 1.807) is 0 Å². The van der Waals surface area contributed by atoms with Crippen LogP contribution in [0.3, 0.4) is 0 Å². The maximum atomic E-state index is 6.08. The molecule has 8 nitrogen and oxygen atoms in total. The second-order valence-electron chi connectivity index (χ2n) is 8.29. The second kappa shape index (κ2) is 7.46. The number of fused-ring (bicyclic) bond motifs is 1. The summed E-state index contributed by atoms with van der Waals surface area (Å²) in [4.78, 5) is 14.8. The van der Waals surface area contributed by atoms with Crippen LogP contribution in [0.25, 0.3) is 33.6 Å². The van der Waals surface area contributed by atoms with Gasteiger partial charge >= 0.3 is 6.01 Å². The van der Waals surface area contributed by atoms with Gasteiger partial charge in [-0.1, -0.05) is 12.0 Å². The summed E-state index contributed by atoms with van der Waals surface area (Å²) in [6, 6.07) is 6.95. The van der Waals surface area contributed by atoms with Crippen LogP contribution in [0.4, 0.5) is 6.01 Å². The van der Waals surface area contributed by atoms with Crippen LogP contribution in [0.1, 0.15) is 37.8 Å². The number of nitrogens with one attached hydrogen (secondary N) is 1. The molecular weight excluding hydrogens is 392 g/mol. The van der Waals surface area contributed by atoms with E-state index in [0.717, 1.165) is 46.4 Å². The van der Waals surface area contributed by atoms with Gasteiger partial charge in [0, 0.05) is 46.9 Å². The standard InChI is InChI=1S/C23H24N6O2/c1-2-16-13-30-8-7-29(16)23-28-27-22(31-23)15-5-6-19-17(9-15)18(10-25-19)21-12-24-11-20(26-21)14-3-4-14/h5-6,9-12,14,16,25H,2-4,7-8,13H2,1H3/t16-/m1/s1. The number of ether oxygens (including phenoxy) is 1. The average Bonchev–Trinajstić information content (AvgIpc) is 3.41. The molecule has 1 aliphatic carbocycles. The third-order valence-corrected chi connectivity index (χ3v) is 6.21. The maximum absolute atomic E-state index is 6.08. The van der Waals surface area contributed by atoms with Crippen molar-refractivity contribution >= 4 is 16.9 Å². The molecule has 0 bridgehead atoms. The summed E-state index contributed by atoms with van der Waals surface area (Å²) in [5.41, 5.74) is 4.93. The Morgan fingerprint density at radius 3 is 3.00 bits per heavy atom. The van der Waals surface area contributed by atoms with Gasteiger partial charge in [0.05, 0.1) is 36.8 Å². The smallest absolute Gasteiger partial charge is 0.318 e. The molecule has 4 aromatic rings. The van der Waals surface area contributed by atoms with Crippen molar-refractivity contribution in [1.29, 1.82) is 0 Å². The first kappa shape index (κ1) is 18.5. The predicted octanol–water partition coefficient (Wildman–Crippen LogP) is 4.17. The van der Waals surface area contributed by atoms with Crippen molar-refractivity contribution in [3.63, 3.8) is 0 Å². The molecule has 2 fully saturated rings. The van der Waals surface area contributed by atoms with Crippen molar-refractivity contribution in [2.45, 2.75) is 38.1 Å². The Kier molecular flexibility index (Phi) is 4.45. The lowest BCUT2D eigenvalue weighted by molar-refractivity contribution is 0.0901. The average molecular weight is 416 g/mol. The van der Waals surface area contributed by atoms with Gasteiger partial charge < -0.3 is 19.0 Å². The van der Waals surface area contributed by atoms with E-state index in [0.29, 0.717) is 31.0 Å². The lowest BCUT2D eigenvalue weighted by Crippen LogP contribution is -2.45. The number of hydrogen-bond donors (Lipinski definition) is 1. The van der Waals surface area contributed by atoms with Crippen LogP contribution in [0.2, 0.25) is 0 Å². The molecule has 0 amide bonds. The highest BCUT2D eigenvalue weighted by Gasteiger charge is 2.27. The Labute approximate surface area is 179 Å². The highest BCUT2D eigenvalue weighted by Crippen LogP contribution is 2.39. The molecule has 8 heteroatoms. The number of aromatic amines is 1. The molecule has 3 aromatic heterocycles. The minimum Gasteiger partial charge on any atom is -0.403 e. The number of morpholine rings is 1. The quantitative estimate of drug-likeness (QED) is 0.522. The molecule has 1 aromatic carbocycles. The highest BCUT2D eigenvalue weighted by molar-refractivity contribution is 5.96. The number of hydrogen-bond acceptors (Lipinski definition) is 7. The molecule has 158 valence electrons. The van der Waals surface area contributed by atoms with Crippen molar-refractivity contribution < 1.29 is 9.15 Å². The van der Waals surface area contributed by atoms with E-state index in [2.05, 4.69) is 38.1 Å². The summed E-state index contributed by atoms with van der Waals surface area (Å²) in [7, 11) is 0. The van der Waals surface area contributed by atoms with Crippen LogP contribution in [0, 0.1) is 0 Å². The first-order valence-corrected chi connectivity index (χ1v) is 10.9. The third kappa shape index (κ3) is 3.37. The topological polar surface area (TPSA) is 93.0 Å². The first-order valence-electron chi connectivity index (χ1n) is 10.9. The molecule has 31 heavy (non-hydrogen) atoms. The molecule has 0 spiro atoms. The Bertz CT molecular complexity index is 1230. The lowest BCUT2D eigenvalue weighted by Gasteiger charge is -2.33. The van der Waals surface area contributed by atoms with Gasteiger partial charge in [0.25, 0.3) is 0 Å².